The molecule has 1 aromatic carbocycles. The van der Waals surface area contributed by atoms with Gasteiger partial charge in [-0.05, 0) is 48.9 Å². The first kappa shape index (κ1) is 13.1. The van der Waals surface area contributed by atoms with Gasteiger partial charge in [-0.2, -0.15) is 5.26 Å². The Morgan fingerprint density at radius 2 is 2.15 bits per heavy atom. The Kier molecular flexibility index (Phi) is 3.70. The van der Waals surface area contributed by atoms with Crippen molar-refractivity contribution in [2.45, 2.75) is 31.7 Å². The topological polar surface area (TPSA) is 64.9 Å². The van der Waals surface area contributed by atoms with Gasteiger partial charge in [-0.25, -0.2) is 0 Å². The summed E-state index contributed by atoms with van der Waals surface area (Å²) in [5.74, 6) is 1.27. The summed E-state index contributed by atoms with van der Waals surface area (Å²) >= 11 is 0. The first-order valence-electron chi connectivity index (χ1n) is 7.28. The van der Waals surface area contributed by atoms with Crippen LogP contribution in [0.2, 0.25) is 0 Å². The van der Waals surface area contributed by atoms with Gasteiger partial charge in [-0.1, -0.05) is 18.6 Å². The zero-order valence-corrected chi connectivity index (χ0v) is 11.4. The van der Waals surface area contributed by atoms with Crippen LogP contribution in [0.25, 0.3) is 0 Å². The van der Waals surface area contributed by atoms with Gasteiger partial charge >= 0.3 is 0 Å². The number of benzene rings is 1. The number of nitrogens with zero attached hydrogens (tertiary/aromatic N) is 1. The van der Waals surface area contributed by atoms with Crippen molar-refractivity contribution in [3.63, 3.8) is 0 Å². The van der Waals surface area contributed by atoms with E-state index in [0.29, 0.717) is 18.3 Å². The Morgan fingerprint density at radius 3 is 2.90 bits per heavy atom. The van der Waals surface area contributed by atoms with Crippen molar-refractivity contribution >= 4 is 11.6 Å². The third kappa shape index (κ3) is 2.54. The summed E-state index contributed by atoms with van der Waals surface area (Å²) in [4.78, 5) is 12.3. The summed E-state index contributed by atoms with van der Waals surface area (Å²) in [6, 6.07) is 9.59. The predicted molar refractivity (Wildman–Crippen MR) is 77.0 cm³/mol. The van der Waals surface area contributed by atoms with Gasteiger partial charge < -0.3 is 10.6 Å². The minimum absolute atomic E-state index is 0.0405. The zero-order valence-electron chi connectivity index (χ0n) is 11.4. The van der Waals surface area contributed by atoms with Crippen LogP contribution in [-0.4, -0.2) is 18.5 Å². The van der Waals surface area contributed by atoms with E-state index in [1.807, 2.05) is 24.3 Å². The first-order valence-corrected chi connectivity index (χ1v) is 7.28. The molecule has 2 N–H and O–H groups in total. The maximum Gasteiger partial charge on any atom is 0.241 e. The fourth-order valence-corrected chi connectivity index (χ4v) is 3.49. The summed E-state index contributed by atoms with van der Waals surface area (Å²) in [5, 5.41) is 15.0. The summed E-state index contributed by atoms with van der Waals surface area (Å²) in [6.07, 6.45) is 4.08. The largest absolute Gasteiger partial charge is 0.325 e. The fourth-order valence-electron chi connectivity index (χ4n) is 3.49. The van der Waals surface area contributed by atoms with E-state index < -0.39 is 0 Å². The second-order valence-electron chi connectivity index (χ2n) is 5.76. The Labute approximate surface area is 119 Å². The van der Waals surface area contributed by atoms with Gasteiger partial charge in [0.05, 0.1) is 18.5 Å². The lowest BCUT2D eigenvalue weighted by atomic mass is 9.93. The van der Waals surface area contributed by atoms with E-state index in [1.54, 1.807) is 0 Å². The third-order valence-electron chi connectivity index (χ3n) is 4.53. The molecule has 0 spiro atoms. The molecule has 4 nitrogen and oxygen atoms in total. The highest BCUT2D eigenvalue weighted by atomic mass is 16.2. The molecule has 1 saturated heterocycles. The predicted octanol–water partition coefficient (Wildman–Crippen LogP) is 2.08. The lowest BCUT2D eigenvalue weighted by Gasteiger charge is -2.17. The number of carbonyl (C=O) groups excluding carboxylic acids is 1. The SMILES string of the molecule is N#CCc1ccc(NC(=O)C2NCC3CCCC32)cc1. The highest BCUT2D eigenvalue weighted by molar-refractivity contribution is 5.95. The minimum atomic E-state index is -0.0405. The monoisotopic (exact) mass is 269 g/mol. The number of hydrogen-bond donors (Lipinski definition) is 2. The van der Waals surface area contributed by atoms with Gasteiger partial charge in [0.15, 0.2) is 0 Å². The molecule has 3 unspecified atom stereocenters. The molecule has 0 aromatic heterocycles. The number of nitriles is 1. The van der Waals surface area contributed by atoms with Crippen LogP contribution in [0.5, 0.6) is 0 Å². The normalized spacial score (nSPS) is 27.9. The minimum Gasteiger partial charge on any atom is -0.325 e. The number of anilines is 1. The molecule has 1 heterocycles. The van der Waals surface area contributed by atoms with E-state index in [2.05, 4.69) is 16.7 Å². The van der Waals surface area contributed by atoms with E-state index in [0.717, 1.165) is 24.2 Å². The molecule has 2 fully saturated rings. The molecule has 1 amide bonds. The maximum atomic E-state index is 12.3. The van der Waals surface area contributed by atoms with Crippen molar-refractivity contribution < 1.29 is 4.79 Å². The Bertz CT molecular complexity index is 532. The van der Waals surface area contributed by atoms with Crippen LogP contribution in [0.15, 0.2) is 24.3 Å². The summed E-state index contributed by atoms with van der Waals surface area (Å²) in [6.45, 7) is 0.976. The third-order valence-corrected chi connectivity index (χ3v) is 4.53. The molecule has 3 rings (SSSR count). The number of hydrogen-bond acceptors (Lipinski definition) is 3. The number of fused-ring (bicyclic) bond motifs is 1. The van der Waals surface area contributed by atoms with E-state index >= 15 is 0 Å². The number of rotatable bonds is 3. The lowest BCUT2D eigenvalue weighted by molar-refractivity contribution is -0.118. The number of nitrogens with one attached hydrogen (secondary N) is 2. The molecular weight excluding hydrogens is 250 g/mol. The lowest BCUT2D eigenvalue weighted by Crippen LogP contribution is -2.39. The van der Waals surface area contributed by atoms with E-state index in [1.165, 1.54) is 12.8 Å². The van der Waals surface area contributed by atoms with Gasteiger partial charge in [0.2, 0.25) is 5.91 Å². The molecule has 1 aliphatic heterocycles. The van der Waals surface area contributed by atoms with Crippen LogP contribution in [-0.2, 0) is 11.2 Å². The van der Waals surface area contributed by atoms with Crippen molar-refractivity contribution in [2.24, 2.45) is 11.8 Å². The second kappa shape index (κ2) is 5.64. The smallest absolute Gasteiger partial charge is 0.241 e. The molecular formula is C16H19N3O. The van der Waals surface area contributed by atoms with Crippen molar-refractivity contribution in [2.75, 3.05) is 11.9 Å². The molecule has 1 aromatic rings. The summed E-state index contributed by atoms with van der Waals surface area (Å²) in [7, 11) is 0. The molecule has 0 bridgehead atoms. The molecule has 0 radical (unpaired) electrons. The van der Waals surface area contributed by atoms with E-state index in [-0.39, 0.29) is 11.9 Å². The molecule has 20 heavy (non-hydrogen) atoms. The van der Waals surface area contributed by atoms with Gasteiger partial charge in [-0.15, -0.1) is 0 Å². The van der Waals surface area contributed by atoms with Crippen LogP contribution < -0.4 is 10.6 Å². The number of amides is 1. The van der Waals surface area contributed by atoms with Gasteiger partial charge in [0.25, 0.3) is 0 Å². The van der Waals surface area contributed by atoms with Crippen molar-refractivity contribution in [1.82, 2.24) is 5.32 Å². The fraction of sp³-hybridized carbons (Fsp3) is 0.500. The standard InChI is InChI=1S/C16H19N3O/c17-9-8-11-4-6-13(7-5-11)19-16(20)15-14-3-1-2-12(14)10-18-15/h4-7,12,14-15,18H,1-3,8,10H2,(H,19,20). The highest BCUT2D eigenvalue weighted by Crippen LogP contribution is 2.37. The molecule has 1 aliphatic carbocycles. The van der Waals surface area contributed by atoms with Crippen LogP contribution in [0.3, 0.4) is 0 Å². The van der Waals surface area contributed by atoms with Crippen molar-refractivity contribution in [3.8, 4) is 6.07 Å². The van der Waals surface area contributed by atoms with Crippen LogP contribution in [0.1, 0.15) is 24.8 Å². The average molecular weight is 269 g/mol. The zero-order chi connectivity index (χ0) is 13.9. The molecule has 1 saturated carbocycles. The highest BCUT2D eigenvalue weighted by Gasteiger charge is 2.42. The van der Waals surface area contributed by atoms with Crippen LogP contribution in [0.4, 0.5) is 5.69 Å². The summed E-state index contributed by atoms with van der Waals surface area (Å²) < 4.78 is 0. The van der Waals surface area contributed by atoms with Crippen molar-refractivity contribution in [1.29, 1.82) is 5.26 Å². The van der Waals surface area contributed by atoms with Crippen LogP contribution in [0, 0.1) is 23.2 Å². The average Bonchev–Trinajstić information content (AvgIpc) is 3.03. The maximum absolute atomic E-state index is 12.3. The Morgan fingerprint density at radius 1 is 1.35 bits per heavy atom. The second-order valence-corrected chi connectivity index (χ2v) is 5.76. The molecule has 4 heteroatoms. The van der Waals surface area contributed by atoms with Gasteiger partial charge in [0, 0.05) is 5.69 Å². The van der Waals surface area contributed by atoms with Crippen LogP contribution >= 0.6 is 0 Å². The van der Waals surface area contributed by atoms with E-state index in [4.69, 9.17) is 5.26 Å². The van der Waals surface area contributed by atoms with Crippen molar-refractivity contribution in [3.05, 3.63) is 29.8 Å². The Balaban J connectivity index is 1.62. The Hall–Kier alpha value is -1.86. The van der Waals surface area contributed by atoms with Gasteiger partial charge in [0.1, 0.15) is 0 Å². The number of carbonyl (C=O) groups is 1. The van der Waals surface area contributed by atoms with E-state index in [9.17, 15) is 4.79 Å². The molecule has 104 valence electrons. The quantitative estimate of drug-likeness (QED) is 0.883. The summed E-state index contributed by atoms with van der Waals surface area (Å²) in [5.41, 5.74) is 1.78. The molecule has 2 aliphatic rings. The molecule has 3 atom stereocenters. The first-order chi connectivity index (χ1) is 9.78. The van der Waals surface area contributed by atoms with Gasteiger partial charge in [-0.3, -0.25) is 4.79 Å².